The molecule has 11 nitrogen and oxygen atoms in total. The molecule has 2 aromatic rings. The van der Waals surface area contributed by atoms with Gasteiger partial charge in [0.15, 0.2) is 23.0 Å². The highest BCUT2D eigenvalue weighted by Crippen LogP contribution is 2.64. The van der Waals surface area contributed by atoms with Crippen molar-refractivity contribution in [2.75, 3.05) is 0 Å². The van der Waals surface area contributed by atoms with Gasteiger partial charge in [0, 0.05) is 40.5 Å². The van der Waals surface area contributed by atoms with E-state index in [0.29, 0.717) is 48.1 Å². The van der Waals surface area contributed by atoms with Gasteiger partial charge in [0.25, 0.3) is 0 Å². The van der Waals surface area contributed by atoms with E-state index in [4.69, 9.17) is 14.2 Å². The average Bonchev–Trinajstić information content (AvgIpc) is 3.44. The molecule has 1 fully saturated rings. The third-order valence-electron chi connectivity index (χ3n) is 12.8. The van der Waals surface area contributed by atoms with Crippen molar-refractivity contribution < 1.29 is 53.5 Å². The average molecular weight is 871 g/mol. The quantitative estimate of drug-likeness (QED) is 0.105. The maximum atomic E-state index is 14.7. The normalized spacial score (nSPS) is 25.3. The van der Waals surface area contributed by atoms with Crippen molar-refractivity contribution in [1.29, 1.82) is 0 Å². The number of aromatic hydroxyl groups is 1. The molecule has 3 heterocycles. The maximum absolute atomic E-state index is 14.7. The van der Waals surface area contributed by atoms with Crippen LogP contribution in [0.1, 0.15) is 120 Å². The molecule has 64 heavy (non-hydrogen) atoms. The van der Waals surface area contributed by atoms with E-state index in [1.165, 1.54) is 36.8 Å². The van der Waals surface area contributed by atoms with Crippen molar-refractivity contribution >= 4 is 35.4 Å². The number of carboxylic acid groups (broad SMARTS) is 2. The van der Waals surface area contributed by atoms with E-state index in [1.807, 2.05) is 77.1 Å². The molecular formula is C53H58O11. The first kappa shape index (κ1) is 47.2. The summed E-state index contributed by atoms with van der Waals surface area (Å²) in [6, 6.07) is 9.55. The Morgan fingerprint density at radius 1 is 0.906 bits per heavy atom. The minimum Gasteiger partial charge on any atom is -0.506 e. The van der Waals surface area contributed by atoms with Crippen LogP contribution >= 0.6 is 0 Å². The molecule has 5 unspecified atom stereocenters. The van der Waals surface area contributed by atoms with Crippen LogP contribution < -0.4 is 9.47 Å². The Labute approximate surface area is 374 Å². The van der Waals surface area contributed by atoms with Crippen molar-refractivity contribution in [1.82, 2.24) is 0 Å². The number of aliphatic carboxylic acids is 2. The molecule has 0 aromatic heterocycles. The number of phenols is 1. The number of fused-ring (bicyclic) bond motifs is 2. The predicted octanol–water partition coefficient (Wildman–Crippen LogP) is 10.1. The first-order chi connectivity index (χ1) is 30.1. The summed E-state index contributed by atoms with van der Waals surface area (Å²) in [5.41, 5.74) is -1.22. The number of hydrogen-bond donors (Lipinski definition) is 3. The lowest BCUT2D eigenvalue weighted by molar-refractivity contribution is -0.184. The minimum absolute atomic E-state index is 0.0407. The summed E-state index contributed by atoms with van der Waals surface area (Å²) in [7, 11) is 0. The molecule has 2 aliphatic carbocycles. The lowest BCUT2D eigenvalue weighted by Crippen LogP contribution is -2.66. The number of allylic oxidation sites excluding steroid dienone is 10. The van der Waals surface area contributed by atoms with Crippen LogP contribution in [0.2, 0.25) is 0 Å². The van der Waals surface area contributed by atoms with Gasteiger partial charge in [-0.05, 0) is 123 Å². The highest BCUT2D eigenvalue weighted by molar-refractivity contribution is 6.18. The fourth-order valence-corrected chi connectivity index (χ4v) is 9.54. The monoisotopic (exact) mass is 870 g/mol. The van der Waals surface area contributed by atoms with E-state index in [0.717, 1.165) is 17.6 Å². The molecule has 5 aliphatic rings. The van der Waals surface area contributed by atoms with Gasteiger partial charge in [-0.1, -0.05) is 71.9 Å². The Balaban J connectivity index is 0.000000333. The van der Waals surface area contributed by atoms with Crippen LogP contribution in [0.3, 0.4) is 0 Å². The summed E-state index contributed by atoms with van der Waals surface area (Å²) < 4.78 is 20.2. The van der Waals surface area contributed by atoms with Crippen LogP contribution in [0.5, 0.6) is 17.2 Å². The van der Waals surface area contributed by atoms with Gasteiger partial charge >= 0.3 is 11.9 Å². The SMILES string of the molecule is C=CC(C1=CC(=O)C=CC1=O)c1ccccc1.CC(C)=CCCC1(C)C=Cc2c(O)c3c(c(CC=C(C)C)c2O1)OC12C(=CCCC1C(C)(C)OC2(CC=C(C)C(=O)O)C(=O)O)C3=O. The second-order valence-corrected chi connectivity index (χ2v) is 18.3. The Morgan fingerprint density at radius 2 is 1.59 bits per heavy atom. The summed E-state index contributed by atoms with van der Waals surface area (Å²) >= 11 is 0. The molecule has 11 heteroatoms. The van der Waals surface area contributed by atoms with E-state index in [2.05, 4.69) is 12.7 Å². The van der Waals surface area contributed by atoms with E-state index in [1.54, 1.807) is 32.1 Å². The molecule has 5 atom stereocenters. The van der Waals surface area contributed by atoms with Crippen molar-refractivity contribution in [3.8, 4) is 17.2 Å². The molecule has 2 aromatic carbocycles. The van der Waals surface area contributed by atoms with Gasteiger partial charge in [0.1, 0.15) is 28.4 Å². The largest absolute Gasteiger partial charge is 0.506 e. The molecule has 1 saturated heterocycles. The Morgan fingerprint density at radius 3 is 2.22 bits per heavy atom. The third-order valence-corrected chi connectivity index (χ3v) is 12.8. The standard InChI is InChI=1S/C38H46O9.C15H12O2/c1-21(2)11-10-18-36(8)19-17-24-29(39)28-30(40)26-12-9-13-27-35(6,7)47-37(34(43)44,20-16-23(5)33(41)42)38(26,27)46-32(28)25(31(24)45-36)15-14-22(3)4;1-2-13(11-6-4-3-5-7-11)14-10-12(16)8-9-15(14)17/h11-12,14,16-17,19,27,39H,9-10,13,15,18,20H2,1-8H3,(H,41,42)(H,43,44);2-10,13H,1H2. The lowest BCUT2D eigenvalue weighted by atomic mass is 9.60. The fourth-order valence-electron chi connectivity index (χ4n) is 9.54. The van der Waals surface area contributed by atoms with Gasteiger partial charge in [-0.2, -0.15) is 0 Å². The second kappa shape index (κ2) is 18.0. The molecule has 0 radical (unpaired) electrons. The number of carbonyl (C=O) groups excluding carboxylic acids is 3. The third kappa shape index (κ3) is 8.53. The van der Waals surface area contributed by atoms with Crippen LogP contribution in [0.4, 0.5) is 0 Å². The van der Waals surface area contributed by atoms with Gasteiger partial charge in [-0.3, -0.25) is 14.4 Å². The van der Waals surface area contributed by atoms with Gasteiger partial charge in [-0.25, -0.2) is 9.59 Å². The van der Waals surface area contributed by atoms with Crippen LogP contribution in [-0.2, 0) is 30.3 Å². The molecule has 0 bridgehead atoms. The summed E-state index contributed by atoms with van der Waals surface area (Å²) in [6.45, 7) is 18.6. The zero-order chi connectivity index (χ0) is 46.9. The first-order valence-electron chi connectivity index (χ1n) is 21.6. The van der Waals surface area contributed by atoms with Gasteiger partial charge in [0.05, 0.1) is 11.2 Å². The molecular weight excluding hydrogens is 813 g/mol. The van der Waals surface area contributed by atoms with Crippen LogP contribution in [-0.4, -0.2) is 67.0 Å². The molecule has 0 saturated carbocycles. The van der Waals surface area contributed by atoms with Crippen LogP contribution in [0, 0.1) is 5.92 Å². The highest BCUT2D eigenvalue weighted by Gasteiger charge is 2.77. The first-order valence-corrected chi connectivity index (χ1v) is 21.6. The zero-order valence-corrected chi connectivity index (χ0v) is 37.9. The molecule has 0 amide bonds. The zero-order valence-electron chi connectivity index (χ0n) is 37.9. The number of ether oxygens (including phenoxy) is 3. The number of benzene rings is 2. The van der Waals surface area contributed by atoms with Crippen molar-refractivity contribution in [2.45, 2.75) is 122 Å². The van der Waals surface area contributed by atoms with Crippen molar-refractivity contribution in [3.05, 3.63) is 142 Å². The summed E-state index contributed by atoms with van der Waals surface area (Å²) in [4.78, 5) is 63.1. The van der Waals surface area contributed by atoms with E-state index in [9.17, 15) is 39.3 Å². The van der Waals surface area contributed by atoms with E-state index in [-0.39, 0.29) is 52.1 Å². The summed E-state index contributed by atoms with van der Waals surface area (Å²) in [5, 5.41) is 32.4. The number of carboxylic acids is 2. The Kier molecular flexibility index (Phi) is 13.3. The number of hydrogen-bond acceptors (Lipinski definition) is 9. The number of rotatable bonds is 12. The van der Waals surface area contributed by atoms with Crippen LogP contribution in [0.15, 0.2) is 119 Å². The molecule has 7 rings (SSSR count). The van der Waals surface area contributed by atoms with Crippen LogP contribution in [0.25, 0.3) is 6.08 Å². The van der Waals surface area contributed by atoms with Gasteiger partial charge in [0.2, 0.25) is 5.60 Å². The maximum Gasteiger partial charge on any atom is 0.340 e. The van der Waals surface area contributed by atoms with Crippen molar-refractivity contribution in [3.63, 3.8) is 0 Å². The molecule has 3 N–H and O–H groups in total. The smallest absolute Gasteiger partial charge is 0.340 e. The minimum atomic E-state index is -2.16. The summed E-state index contributed by atoms with van der Waals surface area (Å²) in [6.07, 6.45) is 18.8. The molecule has 1 spiro atoms. The topological polar surface area (TPSA) is 174 Å². The Hall–Kier alpha value is -6.33. The summed E-state index contributed by atoms with van der Waals surface area (Å²) in [5.74, 6) is -4.03. The lowest BCUT2D eigenvalue weighted by Gasteiger charge is -2.50. The fraction of sp³-hybridized carbons (Fsp3) is 0.377. The van der Waals surface area contributed by atoms with Gasteiger partial charge in [-0.15, -0.1) is 6.58 Å². The van der Waals surface area contributed by atoms with E-state index < -0.39 is 46.0 Å². The highest BCUT2D eigenvalue weighted by atomic mass is 16.6. The number of phenolic OH excluding ortho intramolecular Hbond substituents is 1. The number of ketones is 3. The Bertz CT molecular complexity index is 2520. The number of Topliss-reactive ketones (excluding diaryl/α,β-unsaturated/α-hetero) is 1. The van der Waals surface area contributed by atoms with E-state index >= 15 is 0 Å². The molecule has 3 aliphatic heterocycles. The number of carbonyl (C=O) groups is 5. The van der Waals surface area contributed by atoms with Gasteiger partial charge < -0.3 is 29.5 Å². The second-order valence-electron chi connectivity index (χ2n) is 18.3. The predicted molar refractivity (Wildman–Crippen MR) is 245 cm³/mol. The van der Waals surface area contributed by atoms with Crippen molar-refractivity contribution in [2.24, 2.45) is 5.92 Å². The molecule has 336 valence electrons.